The van der Waals surface area contributed by atoms with Gasteiger partial charge in [0.15, 0.2) is 6.10 Å². The molecule has 0 unspecified atom stereocenters. The number of fused-ring (bicyclic) bond motifs is 1. The average Bonchev–Trinajstić information content (AvgIpc) is 3.29. The maximum Gasteiger partial charge on any atom is 0.327 e. The summed E-state index contributed by atoms with van der Waals surface area (Å²) >= 11 is 0. The first-order chi connectivity index (χ1) is 14.8. The molecule has 1 saturated heterocycles. The number of esters is 1. The molecule has 160 valence electrons. The van der Waals surface area contributed by atoms with E-state index in [1.807, 2.05) is 24.3 Å². The van der Waals surface area contributed by atoms with E-state index >= 15 is 0 Å². The lowest BCUT2D eigenvalue weighted by Gasteiger charge is -2.23. The van der Waals surface area contributed by atoms with Crippen molar-refractivity contribution in [3.8, 4) is 0 Å². The van der Waals surface area contributed by atoms with E-state index in [-0.39, 0.29) is 5.91 Å². The third kappa shape index (κ3) is 3.65. The van der Waals surface area contributed by atoms with Gasteiger partial charge in [0, 0.05) is 12.2 Å². The van der Waals surface area contributed by atoms with Crippen LogP contribution in [0.15, 0.2) is 54.6 Å². The highest BCUT2D eigenvalue weighted by molar-refractivity contribution is 6.09. The Hall–Kier alpha value is -3.68. The van der Waals surface area contributed by atoms with E-state index in [4.69, 9.17) is 4.74 Å². The summed E-state index contributed by atoms with van der Waals surface area (Å²) in [5.41, 5.74) is 1.22. The lowest BCUT2D eigenvalue weighted by atomic mass is 9.92. The van der Waals surface area contributed by atoms with Crippen LogP contribution in [-0.4, -0.2) is 47.9 Å². The molecule has 2 atom stereocenters. The van der Waals surface area contributed by atoms with Crippen LogP contribution in [0, 0.1) is 0 Å². The average molecular weight is 421 g/mol. The normalized spacial score (nSPS) is 21.0. The van der Waals surface area contributed by atoms with Gasteiger partial charge in [-0.05, 0) is 37.5 Å². The maximum atomic E-state index is 12.9. The third-order valence-electron chi connectivity index (χ3n) is 5.72. The number of amides is 4. The molecule has 0 bridgehead atoms. The van der Waals surface area contributed by atoms with Crippen LogP contribution in [0.3, 0.4) is 0 Å². The zero-order chi connectivity index (χ0) is 22.2. The minimum Gasteiger partial charge on any atom is -0.451 e. The zero-order valence-corrected chi connectivity index (χ0v) is 17.3. The van der Waals surface area contributed by atoms with Crippen molar-refractivity contribution in [2.45, 2.75) is 31.9 Å². The largest absolute Gasteiger partial charge is 0.451 e. The first kappa shape index (κ1) is 20.6. The molecule has 2 heterocycles. The van der Waals surface area contributed by atoms with Crippen LogP contribution in [0.4, 0.5) is 10.5 Å². The Morgan fingerprint density at radius 2 is 1.77 bits per heavy atom. The molecule has 2 aliphatic rings. The lowest BCUT2D eigenvalue weighted by molar-refractivity contribution is -0.155. The Bertz CT molecular complexity index is 1050. The molecule has 4 amide bonds. The van der Waals surface area contributed by atoms with Crippen molar-refractivity contribution in [1.29, 1.82) is 0 Å². The number of anilines is 1. The first-order valence-corrected chi connectivity index (χ1v) is 10.1. The van der Waals surface area contributed by atoms with Gasteiger partial charge in [-0.3, -0.25) is 19.3 Å². The number of urea groups is 1. The van der Waals surface area contributed by atoms with Crippen molar-refractivity contribution in [3.63, 3.8) is 0 Å². The van der Waals surface area contributed by atoms with Crippen molar-refractivity contribution in [2.24, 2.45) is 0 Å². The van der Waals surface area contributed by atoms with Gasteiger partial charge in [0.05, 0.1) is 0 Å². The van der Waals surface area contributed by atoms with Gasteiger partial charge in [-0.15, -0.1) is 0 Å². The summed E-state index contributed by atoms with van der Waals surface area (Å²) in [4.78, 5) is 52.9. The van der Waals surface area contributed by atoms with Crippen molar-refractivity contribution < 1.29 is 23.9 Å². The second-order valence-electron chi connectivity index (χ2n) is 7.81. The maximum absolute atomic E-state index is 12.9. The molecule has 2 aromatic rings. The number of nitrogens with zero attached hydrogens (tertiary/aromatic N) is 2. The van der Waals surface area contributed by atoms with Gasteiger partial charge < -0.3 is 15.0 Å². The highest BCUT2D eigenvalue weighted by Gasteiger charge is 2.49. The van der Waals surface area contributed by atoms with E-state index in [0.717, 1.165) is 22.6 Å². The molecule has 1 N–H and O–H groups in total. The van der Waals surface area contributed by atoms with Crippen molar-refractivity contribution in [3.05, 3.63) is 65.7 Å². The Kier molecular flexibility index (Phi) is 5.22. The lowest BCUT2D eigenvalue weighted by Crippen LogP contribution is -2.43. The van der Waals surface area contributed by atoms with E-state index in [1.54, 1.807) is 42.2 Å². The van der Waals surface area contributed by atoms with E-state index in [1.165, 1.54) is 6.92 Å². The number of nitrogens with one attached hydrogen (secondary N) is 1. The molecule has 2 aromatic carbocycles. The van der Waals surface area contributed by atoms with Gasteiger partial charge in [0.1, 0.15) is 12.1 Å². The Morgan fingerprint density at radius 1 is 1.10 bits per heavy atom. The van der Waals surface area contributed by atoms with Crippen molar-refractivity contribution in [1.82, 2.24) is 10.2 Å². The fourth-order valence-corrected chi connectivity index (χ4v) is 4.01. The molecule has 2 aliphatic heterocycles. The Morgan fingerprint density at radius 3 is 2.52 bits per heavy atom. The predicted molar refractivity (Wildman–Crippen MR) is 112 cm³/mol. The highest BCUT2D eigenvalue weighted by Crippen LogP contribution is 2.29. The molecule has 1 fully saturated rings. The molecule has 0 aliphatic carbocycles. The molecule has 31 heavy (non-hydrogen) atoms. The number of carbonyl (C=O) groups excluding carboxylic acids is 4. The van der Waals surface area contributed by atoms with Crippen LogP contribution in [0.1, 0.15) is 25.0 Å². The second kappa shape index (κ2) is 7.86. The second-order valence-corrected chi connectivity index (χ2v) is 7.81. The van der Waals surface area contributed by atoms with Gasteiger partial charge in [-0.2, -0.15) is 0 Å². The van der Waals surface area contributed by atoms with Crippen LogP contribution in [0.25, 0.3) is 0 Å². The number of carbonyl (C=O) groups is 4. The molecule has 0 spiro atoms. The number of ether oxygens (including phenoxy) is 1. The predicted octanol–water partition coefficient (Wildman–Crippen LogP) is 1.97. The monoisotopic (exact) mass is 421 g/mol. The summed E-state index contributed by atoms with van der Waals surface area (Å²) in [5.74, 6) is -1.72. The van der Waals surface area contributed by atoms with Gasteiger partial charge >= 0.3 is 12.0 Å². The fourth-order valence-electron chi connectivity index (χ4n) is 4.01. The molecule has 4 rings (SSSR count). The van der Waals surface area contributed by atoms with Crippen LogP contribution in [0.2, 0.25) is 0 Å². The summed E-state index contributed by atoms with van der Waals surface area (Å²) in [6.07, 6.45) is -0.303. The number of benzene rings is 2. The van der Waals surface area contributed by atoms with Gasteiger partial charge in [-0.1, -0.05) is 48.5 Å². The Labute approximate surface area is 179 Å². The Balaban J connectivity index is 1.40. The number of imide groups is 1. The SMILES string of the molecule is C[C@@H](OC(=O)CN1C(=O)N[C@](C)(c2ccccc2)C1=O)C(=O)N1CCc2ccccc21. The summed E-state index contributed by atoms with van der Waals surface area (Å²) in [6, 6.07) is 15.7. The molecule has 0 saturated carbocycles. The summed E-state index contributed by atoms with van der Waals surface area (Å²) < 4.78 is 5.27. The number of hydrogen-bond acceptors (Lipinski definition) is 5. The number of rotatable bonds is 5. The smallest absolute Gasteiger partial charge is 0.327 e. The molecular weight excluding hydrogens is 398 g/mol. The quantitative estimate of drug-likeness (QED) is 0.588. The molecule has 0 radical (unpaired) electrons. The van der Waals surface area contributed by atoms with Crippen LogP contribution < -0.4 is 10.2 Å². The van der Waals surface area contributed by atoms with E-state index in [2.05, 4.69) is 5.32 Å². The van der Waals surface area contributed by atoms with Crippen LogP contribution in [0.5, 0.6) is 0 Å². The molecule has 8 heteroatoms. The topological polar surface area (TPSA) is 96.0 Å². The molecular formula is C23H23N3O5. The number of hydrogen-bond donors (Lipinski definition) is 1. The van der Waals surface area contributed by atoms with E-state index in [9.17, 15) is 19.2 Å². The number of para-hydroxylation sites is 1. The van der Waals surface area contributed by atoms with Crippen molar-refractivity contribution in [2.75, 3.05) is 18.0 Å². The first-order valence-electron chi connectivity index (χ1n) is 10.1. The zero-order valence-electron chi connectivity index (χ0n) is 17.3. The highest BCUT2D eigenvalue weighted by atomic mass is 16.5. The van der Waals surface area contributed by atoms with Crippen molar-refractivity contribution >= 4 is 29.5 Å². The van der Waals surface area contributed by atoms with E-state index < -0.39 is 36.1 Å². The fraction of sp³-hybridized carbons (Fsp3) is 0.304. The van der Waals surface area contributed by atoms with Gasteiger partial charge in [-0.25, -0.2) is 4.79 Å². The summed E-state index contributed by atoms with van der Waals surface area (Å²) in [6.45, 7) is 3.02. The minimum atomic E-state index is -1.26. The molecule has 8 nitrogen and oxygen atoms in total. The third-order valence-corrected chi connectivity index (χ3v) is 5.72. The van der Waals surface area contributed by atoms with Gasteiger partial charge in [0.2, 0.25) is 0 Å². The van der Waals surface area contributed by atoms with Crippen LogP contribution >= 0.6 is 0 Å². The summed E-state index contributed by atoms with van der Waals surface area (Å²) in [7, 11) is 0. The van der Waals surface area contributed by atoms with Crippen LogP contribution in [-0.2, 0) is 31.1 Å². The van der Waals surface area contributed by atoms with Gasteiger partial charge in [0.25, 0.3) is 11.8 Å². The molecule has 0 aromatic heterocycles. The van der Waals surface area contributed by atoms with E-state index in [0.29, 0.717) is 12.1 Å². The standard InChI is InChI=1S/C23H23N3O5/c1-15(20(28)25-13-12-16-8-6-7-11-18(16)25)31-19(27)14-26-21(29)23(2,24-22(26)30)17-9-4-3-5-10-17/h3-11,15H,12-14H2,1-2H3,(H,24,30)/t15-,23-/m1/s1. The summed E-state index contributed by atoms with van der Waals surface area (Å²) in [5, 5.41) is 2.64. The minimum absolute atomic E-state index is 0.343.